The maximum Gasteiger partial charge on any atom is 0.270 e. The highest BCUT2D eigenvalue weighted by Crippen LogP contribution is 2.29. The fourth-order valence-electron chi connectivity index (χ4n) is 2.61. The Morgan fingerprint density at radius 2 is 2.15 bits per heavy atom. The second-order valence-electron chi connectivity index (χ2n) is 5.81. The molecule has 1 aliphatic heterocycles. The summed E-state index contributed by atoms with van der Waals surface area (Å²) in [6.07, 6.45) is 1.84. The molecule has 138 valence electrons. The van der Waals surface area contributed by atoms with Crippen molar-refractivity contribution in [3.8, 4) is 5.75 Å². The first-order chi connectivity index (χ1) is 12.4. The lowest BCUT2D eigenvalue weighted by Gasteiger charge is -2.12. The Morgan fingerprint density at radius 3 is 2.85 bits per heavy atom. The van der Waals surface area contributed by atoms with Crippen LogP contribution in [0.25, 0.3) is 0 Å². The van der Waals surface area contributed by atoms with Crippen molar-refractivity contribution in [1.82, 2.24) is 15.3 Å². The van der Waals surface area contributed by atoms with Gasteiger partial charge in [0.1, 0.15) is 11.4 Å². The molecule has 10 heteroatoms. The third kappa shape index (κ3) is 4.41. The van der Waals surface area contributed by atoms with Crippen molar-refractivity contribution in [2.45, 2.75) is 12.5 Å². The van der Waals surface area contributed by atoms with Crippen LogP contribution in [0.2, 0.25) is 5.02 Å². The molecule has 0 aliphatic carbocycles. The molecule has 1 aromatic carbocycles. The molecule has 1 amide bonds. The van der Waals surface area contributed by atoms with E-state index in [1.807, 2.05) is 0 Å². The van der Waals surface area contributed by atoms with Crippen LogP contribution in [0, 0.1) is 0 Å². The predicted molar refractivity (Wildman–Crippen MR) is 97.8 cm³/mol. The Bertz CT molecular complexity index is 936. The average molecular weight is 397 g/mol. The molecule has 3 rings (SSSR count). The molecular weight excluding hydrogens is 380 g/mol. The van der Waals surface area contributed by atoms with Crippen molar-refractivity contribution in [3.05, 3.63) is 41.2 Å². The molecule has 2 N–H and O–H groups in total. The van der Waals surface area contributed by atoms with Gasteiger partial charge in [0, 0.05) is 17.3 Å². The summed E-state index contributed by atoms with van der Waals surface area (Å²) in [5, 5.41) is 6.15. The molecule has 26 heavy (non-hydrogen) atoms. The van der Waals surface area contributed by atoms with E-state index in [0.29, 0.717) is 22.9 Å². The summed E-state index contributed by atoms with van der Waals surface area (Å²) >= 11 is 5.99. The highest BCUT2D eigenvalue weighted by atomic mass is 35.5. The van der Waals surface area contributed by atoms with Crippen LogP contribution in [0.5, 0.6) is 5.75 Å². The van der Waals surface area contributed by atoms with E-state index in [-0.39, 0.29) is 23.1 Å². The fraction of sp³-hybridized carbons (Fsp3) is 0.312. The number of carbonyl (C=O) groups excluding carboxylic acids is 1. The van der Waals surface area contributed by atoms with Gasteiger partial charge in [0.15, 0.2) is 9.84 Å². The average Bonchev–Trinajstić information content (AvgIpc) is 2.94. The molecule has 0 radical (unpaired) electrons. The van der Waals surface area contributed by atoms with Crippen LogP contribution in [0.3, 0.4) is 0 Å². The van der Waals surface area contributed by atoms with Gasteiger partial charge in [-0.3, -0.25) is 4.79 Å². The van der Waals surface area contributed by atoms with Gasteiger partial charge in [-0.2, -0.15) is 0 Å². The van der Waals surface area contributed by atoms with E-state index in [0.717, 1.165) is 0 Å². The van der Waals surface area contributed by atoms with E-state index >= 15 is 0 Å². The SMILES string of the molecule is COc1ccc(Cl)cc1Nc1nccc(C(=O)NC2CCS(=O)(=O)C2)n1. The first-order valence-electron chi connectivity index (χ1n) is 7.81. The summed E-state index contributed by atoms with van der Waals surface area (Å²) in [5.74, 6) is 0.328. The summed E-state index contributed by atoms with van der Waals surface area (Å²) in [6, 6.07) is 6.10. The Balaban J connectivity index is 1.74. The molecule has 1 aliphatic rings. The van der Waals surface area contributed by atoms with Crippen LogP contribution >= 0.6 is 11.6 Å². The summed E-state index contributed by atoms with van der Waals surface area (Å²) in [6.45, 7) is 0. The van der Waals surface area contributed by atoms with Gasteiger partial charge in [-0.05, 0) is 30.7 Å². The Labute approximate surface area is 155 Å². The van der Waals surface area contributed by atoms with Gasteiger partial charge in [0.05, 0.1) is 24.3 Å². The van der Waals surface area contributed by atoms with Crippen molar-refractivity contribution in [2.24, 2.45) is 0 Å². The lowest BCUT2D eigenvalue weighted by molar-refractivity contribution is 0.0936. The van der Waals surface area contributed by atoms with Crippen LogP contribution in [0.15, 0.2) is 30.5 Å². The number of methoxy groups -OCH3 is 1. The number of hydrogen-bond acceptors (Lipinski definition) is 7. The minimum Gasteiger partial charge on any atom is -0.495 e. The Kier molecular flexibility index (Phi) is 5.28. The second-order valence-corrected chi connectivity index (χ2v) is 8.47. The van der Waals surface area contributed by atoms with Crippen LogP contribution in [0.4, 0.5) is 11.6 Å². The lowest BCUT2D eigenvalue weighted by Crippen LogP contribution is -2.36. The predicted octanol–water partition coefficient (Wildman–Crippen LogP) is 1.80. The molecule has 1 aromatic heterocycles. The third-order valence-corrected chi connectivity index (χ3v) is 5.87. The number of nitrogens with one attached hydrogen (secondary N) is 2. The smallest absolute Gasteiger partial charge is 0.270 e. The van der Waals surface area contributed by atoms with Gasteiger partial charge in [-0.25, -0.2) is 18.4 Å². The molecular formula is C16H17ClN4O4S. The van der Waals surface area contributed by atoms with E-state index in [1.165, 1.54) is 19.4 Å². The Morgan fingerprint density at radius 1 is 1.35 bits per heavy atom. The number of aromatic nitrogens is 2. The van der Waals surface area contributed by atoms with Crippen molar-refractivity contribution in [2.75, 3.05) is 23.9 Å². The molecule has 0 spiro atoms. The highest BCUT2D eigenvalue weighted by molar-refractivity contribution is 7.91. The third-order valence-electron chi connectivity index (χ3n) is 3.86. The first-order valence-corrected chi connectivity index (χ1v) is 10.0. The van der Waals surface area contributed by atoms with Gasteiger partial charge < -0.3 is 15.4 Å². The quantitative estimate of drug-likeness (QED) is 0.792. The topological polar surface area (TPSA) is 110 Å². The standard InChI is InChI=1S/C16H17ClN4O4S/c1-25-14-3-2-10(17)8-13(14)21-16-18-6-4-12(20-16)15(22)19-11-5-7-26(23,24)9-11/h2-4,6,8,11H,5,7,9H2,1H3,(H,19,22)(H,18,20,21). The van der Waals surface area contributed by atoms with Crippen LogP contribution in [0.1, 0.15) is 16.9 Å². The zero-order valence-electron chi connectivity index (χ0n) is 13.9. The number of sulfone groups is 1. The number of ether oxygens (including phenoxy) is 1. The number of anilines is 2. The van der Waals surface area contributed by atoms with Gasteiger partial charge >= 0.3 is 0 Å². The number of carbonyl (C=O) groups is 1. The number of halogens is 1. The van der Waals surface area contributed by atoms with E-state index in [9.17, 15) is 13.2 Å². The van der Waals surface area contributed by atoms with Crippen LogP contribution in [-0.2, 0) is 9.84 Å². The van der Waals surface area contributed by atoms with Crippen LogP contribution < -0.4 is 15.4 Å². The largest absolute Gasteiger partial charge is 0.495 e. The van der Waals surface area contributed by atoms with Crippen molar-refractivity contribution >= 4 is 39.0 Å². The number of rotatable bonds is 5. The molecule has 8 nitrogen and oxygen atoms in total. The molecule has 1 saturated heterocycles. The Hall–Kier alpha value is -2.39. The maximum atomic E-state index is 12.3. The molecule has 1 unspecified atom stereocenters. The van der Waals surface area contributed by atoms with E-state index < -0.39 is 21.8 Å². The van der Waals surface area contributed by atoms with E-state index in [2.05, 4.69) is 20.6 Å². The van der Waals surface area contributed by atoms with E-state index in [4.69, 9.17) is 16.3 Å². The van der Waals surface area contributed by atoms with Gasteiger partial charge in [-0.15, -0.1) is 0 Å². The molecule has 1 fully saturated rings. The summed E-state index contributed by atoms with van der Waals surface area (Å²) in [7, 11) is -1.55. The van der Waals surface area contributed by atoms with E-state index in [1.54, 1.807) is 18.2 Å². The number of amides is 1. The number of hydrogen-bond donors (Lipinski definition) is 2. The molecule has 0 saturated carbocycles. The first kappa shape index (κ1) is 18.4. The van der Waals surface area contributed by atoms with Gasteiger partial charge in [0.25, 0.3) is 5.91 Å². The summed E-state index contributed by atoms with van der Waals surface area (Å²) in [5.41, 5.74) is 0.687. The number of nitrogens with zero attached hydrogens (tertiary/aromatic N) is 2. The maximum absolute atomic E-state index is 12.3. The zero-order valence-corrected chi connectivity index (χ0v) is 15.5. The second kappa shape index (κ2) is 7.46. The number of benzene rings is 1. The molecule has 2 heterocycles. The van der Waals surface area contributed by atoms with Gasteiger partial charge in [0.2, 0.25) is 5.95 Å². The summed E-state index contributed by atoms with van der Waals surface area (Å²) < 4.78 is 28.2. The lowest BCUT2D eigenvalue weighted by atomic mass is 10.2. The molecule has 0 bridgehead atoms. The van der Waals surface area contributed by atoms with Crippen LogP contribution in [-0.4, -0.2) is 49.0 Å². The highest BCUT2D eigenvalue weighted by Gasteiger charge is 2.29. The molecule has 2 aromatic rings. The monoisotopic (exact) mass is 396 g/mol. The zero-order chi connectivity index (χ0) is 18.7. The van der Waals surface area contributed by atoms with Crippen molar-refractivity contribution in [3.63, 3.8) is 0 Å². The normalized spacial score (nSPS) is 18.3. The minimum absolute atomic E-state index is 0.0470. The minimum atomic E-state index is -3.07. The summed E-state index contributed by atoms with van der Waals surface area (Å²) in [4.78, 5) is 20.6. The van der Waals surface area contributed by atoms with Gasteiger partial charge in [-0.1, -0.05) is 11.6 Å². The fourth-order valence-corrected chi connectivity index (χ4v) is 4.46. The van der Waals surface area contributed by atoms with Crippen molar-refractivity contribution < 1.29 is 17.9 Å². The van der Waals surface area contributed by atoms with Crippen molar-refractivity contribution in [1.29, 1.82) is 0 Å². The molecule has 1 atom stereocenters.